The molecule has 0 aromatic heterocycles. The van der Waals surface area contributed by atoms with Gasteiger partial charge in [0, 0.05) is 0 Å². The molecule has 0 fully saturated rings. The van der Waals surface area contributed by atoms with Crippen LogP contribution in [-0.2, 0) is 0 Å². The third-order valence-electron chi connectivity index (χ3n) is 2.01. The quantitative estimate of drug-likeness (QED) is 0.747. The lowest BCUT2D eigenvalue weighted by Gasteiger charge is -1.98. The maximum atomic E-state index is 3.38. The molecule has 0 radical (unpaired) electrons. The molecule has 1 aliphatic heterocycles. The highest BCUT2D eigenvalue weighted by Crippen LogP contribution is 2.17. The van der Waals surface area contributed by atoms with Crippen molar-refractivity contribution in [3.05, 3.63) is 60.7 Å². The van der Waals surface area contributed by atoms with Gasteiger partial charge >= 0.3 is 0 Å². The minimum Gasteiger partial charge on any atom is -0.265 e. The molecule has 1 aliphatic rings. The number of hydrogen-bond donors (Lipinski definition) is 1. The van der Waals surface area contributed by atoms with E-state index in [0.29, 0.717) is 0 Å². The highest BCUT2D eigenvalue weighted by molar-refractivity contribution is 5.64. The molecule has 1 heterocycles. The molecule has 74 valence electrons. The molecule has 0 saturated heterocycles. The van der Waals surface area contributed by atoms with Gasteiger partial charge in [-0.3, -0.25) is 5.43 Å². The topological polar surface area (TPSA) is 34.3 Å². The van der Waals surface area contributed by atoms with Gasteiger partial charge in [0.1, 0.15) is 6.34 Å². The highest BCUT2D eigenvalue weighted by atomic mass is 15.4. The van der Waals surface area contributed by atoms with Crippen molar-refractivity contribution in [3.63, 3.8) is 0 Å². The van der Waals surface area contributed by atoms with Crippen LogP contribution >= 0.6 is 0 Å². The van der Waals surface area contributed by atoms with Crippen molar-refractivity contribution < 1.29 is 0 Å². The van der Waals surface area contributed by atoms with Gasteiger partial charge in [-0.2, -0.15) is 5.10 Å². The first-order valence-electron chi connectivity index (χ1n) is 4.84. The number of hydrogen-bond acceptors (Lipinski definition) is 2. The van der Waals surface area contributed by atoms with Crippen LogP contribution in [-0.4, -0.2) is 6.34 Å². The minimum absolute atomic E-state index is 1.28. The average Bonchev–Trinajstić information content (AvgIpc) is 3.19. The Bertz CT molecular complexity index is 379. The molecule has 2 nitrogen and oxygen atoms in total. The van der Waals surface area contributed by atoms with Crippen LogP contribution in [0, 0.1) is 0 Å². The molecule has 0 aliphatic carbocycles. The molecule has 1 N–H and O–H groups in total. The second-order valence-electron chi connectivity index (χ2n) is 3.12. The van der Waals surface area contributed by atoms with E-state index >= 15 is 0 Å². The van der Waals surface area contributed by atoms with Gasteiger partial charge in [0.15, 0.2) is 0 Å². The van der Waals surface area contributed by atoms with E-state index in [-0.39, 0.29) is 0 Å². The number of nitrogens with one attached hydrogen (secondary N) is 1. The lowest BCUT2D eigenvalue weighted by Crippen LogP contribution is -1.73. The standard InChI is InChI=1S/C12H10.CH2N2/c1-3-7-11(8-4-1)12-9-5-2-6-10-12;1-2-3-1/h1-10H;1H,(H,2,3). The molecule has 0 amide bonds. The van der Waals surface area contributed by atoms with Crippen LogP contribution in [0.15, 0.2) is 65.8 Å². The molecule has 0 bridgehead atoms. The summed E-state index contributed by atoms with van der Waals surface area (Å²) in [6.45, 7) is 0. The van der Waals surface area contributed by atoms with E-state index in [1.54, 1.807) is 6.34 Å². The highest BCUT2D eigenvalue weighted by Gasteiger charge is 1.91. The SMILES string of the molecule is C1=NN1.c1ccc(-c2ccccc2)cc1. The molecule has 0 atom stereocenters. The van der Waals surface area contributed by atoms with E-state index in [9.17, 15) is 0 Å². The van der Waals surface area contributed by atoms with Crippen LogP contribution in [0.5, 0.6) is 0 Å². The fraction of sp³-hybridized carbons (Fsp3) is 0. The molecular weight excluding hydrogens is 184 g/mol. The Morgan fingerprint density at radius 3 is 1.27 bits per heavy atom. The van der Waals surface area contributed by atoms with Crippen molar-refractivity contribution in [2.75, 3.05) is 0 Å². The van der Waals surface area contributed by atoms with E-state index in [1.807, 2.05) is 12.1 Å². The Labute approximate surface area is 89.3 Å². The molecule has 0 saturated carbocycles. The van der Waals surface area contributed by atoms with E-state index < -0.39 is 0 Å². The van der Waals surface area contributed by atoms with Gasteiger partial charge in [-0.1, -0.05) is 60.7 Å². The van der Waals surface area contributed by atoms with Gasteiger partial charge in [-0.15, -0.1) is 0 Å². The van der Waals surface area contributed by atoms with Crippen molar-refractivity contribution in [2.24, 2.45) is 5.10 Å². The van der Waals surface area contributed by atoms with Gasteiger partial charge in [-0.25, -0.2) is 0 Å². The Morgan fingerprint density at radius 2 is 1.00 bits per heavy atom. The smallest absolute Gasteiger partial charge is 0.129 e. The summed E-state index contributed by atoms with van der Waals surface area (Å²) < 4.78 is 0. The molecule has 15 heavy (non-hydrogen) atoms. The predicted octanol–water partition coefficient (Wildman–Crippen LogP) is 2.89. The Kier molecular flexibility index (Phi) is 3.13. The zero-order valence-electron chi connectivity index (χ0n) is 8.30. The maximum absolute atomic E-state index is 3.38. The molecule has 0 unspecified atom stereocenters. The van der Waals surface area contributed by atoms with Crippen LogP contribution < -0.4 is 5.43 Å². The molecule has 0 spiro atoms. The monoisotopic (exact) mass is 196 g/mol. The summed E-state index contributed by atoms with van der Waals surface area (Å²) in [4.78, 5) is 0. The summed E-state index contributed by atoms with van der Waals surface area (Å²) in [6, 6.07) is 20.8. The summed E-state index contributed by atoms with van der Waals surface area (Å²) in [6.07, 6.45) is 1.62. The summed E-state index contributed by atoms with van der Waals surface area (Å²) in [7, 11) is 0. The summed E-state index contributed by atoms with van der Waals surface area (Å²) in [5, 5.41) is 3.38. The van der Waals surface area contributed by atoms with Gasteiger partial charge in [0.2, 0.25) is 0 Å². The van der Waals surface area contributed by atoms with Crippen LogP contribution in [0.3, 0.4) is 0 Å². The molecule has 2 heteroatoms. The number of rotatable bonds is 1. The fourth-order valence-corrected chi connectivity index (χ4v) is 1.26. The van der Waals surface area contributed by atoms with Crippen molar-refractivity contribution in [1.29, 1.82) is 0 Å². The van der Waals surface area contributed by atoms with E-state index in [2.05, 4.69) is 59.1 Å². The lowest BCUT2D eigenvalue weighted by molar-refractivity contribution is 1.27. The lowest BCUT2D eigenvalue weighted by atomic mass is 10.1. The van der Waals surface area contributed by atoms with Crippen LogP contribution in [0.2, 0.25) is 0 Å². The van der Waals surface area contributed by atoms with Crippen LogP contribution in [0.4, 0.5) is 0 Å². The maximum Gasteiger partial charge on any atom is 0.129 e. The van der Waals surface area contributed by atoms with Crippen molar-refractivity contribution in [2.45, 2.75) is 0 Å². The van der Waals surface area contributed by atoms with Crippen LogP contribution in [0.25, 0.3) is 11.1 Å². The van der Waals surface area contributed by atoms with Gasteiger partial charge in [0.05, 0.1) is 0 Å². The van der Waals surface area contributed by atoms with Gasteiger partial charge < -0.3 is 0 Å². The first kappa shape index (κ1) is 9.46. The van der Waals surface area contributed by atoms with E-state index in [1.165, 1.54) is 11.1 Å². The third kappa shape index (κ3) is 3.27. The van der Waals surface area contributed by atoms with Crippen molar-refractivity contribution >= 4 is 6.34 Å². The Morgan fingerprint density at radius 1 is 0.667 bits per heavy atom. The number of benzene rings is 2. The average molecular weight is 196 g/mol. The Hall–Kier alpha value is -2.09. The van der Waals surface area contributed by atoms with Crippen molar-refractivity contribution in [1.82, 2.24) is 5.43 Å². The second-order valence-corrected chi connectivity index (χ2v) is 3.12. The molecule has 3 rings (SSSR count). The largest absolute Gasteiger partial charge is 0.265 e. The predicted molar refractivity (Wildman–Crippen MR) is 63.5 cm³/mol. The summed E-state index contributed by atoms with van der Waals surface area (Å²) in [5.74, 6) is 0. The van der Waals surface area contributed by atoms with Crippen LogP contribution in [0.1, 0.15) is 0 Å². The Balaban J connectivity index is 0.000000244. The fourth-order valence-electron chi connectivity index (χ4n) is 1.26. The van der Waals surface area contributed by atoms with Crippen molar-refractivity contribution in [3.8, 4) is 11.1 Å². The second kappa shape index (κ2) is 4.96. The van der Waals surface area contributed by atoms with E-state index in [0.717, 1.165) is 0 Å². The first-order valence-corrected chi connectivity index (χ1v) is 4.84. The van der Waals surface area contributed by atoms with E-state index in [4.69, 9.17) is 0 Å². The zero-order chi connectivity index (χ0) is 10.3. The molecule has 2 aromatic rings. The minimum atomic E-state index is 1.28. The number of hydrazone groups is 1. The summed E-state index contributed by atoms with van der Waals surface area (Å²) in [5.41, 5.74) is 5.05. The molecular formula is C13H12N2. The molecule has 2 aromatic carbocycles. The zero-order valence-corrected chi connectivity index (χ0v) is 8.30. The normalized spacial score (nSPS) is 10.9. The van der Waals surface area contributed by atoms with Gasteiger partial charge in [-0.05, 0) is 11.1 Å². The third-order valence-corrected chi connectivity index (χ3v) is 2.01. The number of nitrogens with zero attached hydrogens (tertiary/aromatic N) is 1. The van der Waals surface area contributed by atoms with Gasteiger partial charge in [0.25, 0.3) is 0 Å². The first-order chi connectivity index (χ1) is 7.47. The summed E-state index contributed by atoms with van der Waals surface area (Å²) >= 11 is 0.